The highest BCUT2D eigenvalue weighted by molar-refractivity contribution is 5.30. The number of hydrogen-bond acceptors (Lipinski definition) is 2. The first-order valence-corrected chi connectivity index (χ1v) is 3.28. The van der Waals surface area contributed by atoms with Crippen molar-refractivity contribution in [2.24, 2.45) is 11.5 Å². The Morgan fingerprint density at radius 2 is 1.73 bits per heavy atom. The average molecular weight is 146 g/mol. The van der Waals surface area contributed by atoms with Gasteiger partial charge in [-0.15, -0.1) is 6.42 Å². The molecule has 0 fully saturated rings. The molecule has 11 heavy (non-hydrogen) atoms. The van der Waals surface area contributed by atoms with Gasteiger partial charge in [0.1, 0.15) is 0 Å². The van der Waals surface area contributed by atoms with E-state index in [1.165, 1.54) is 0 Å². The third-order valence-electron chi connectivity index (χ3n) is 1.49. The van der Waals surface area contributed by atoms with E-state index in [2.05, 4.69) is 5.92 Å². The summed E-state index contributed by atoms with van der Waals surface area (Å²) in [6.07, 6.45) is 5.14. The molecule has 0 aliphatic heterocycles. The smallest absolute Gasteiger partial charge is 0.153 e. The number of rotatable bonds is 1. The lowest BCUT2D eigenvalue weighted by Gasteiger charge is -2.17. The molecule has 1 aromatic rings. The van der Waals surface area contributed by atoms with Crippen molar-refractivity contribution in [3.05, 3.63) is 35.9 Å². The van der Waals surface area contributed by atoms with Gasteiger partial charge in [-0.2, -0.15) is 0 Å². The summed E-state index contributed by atoms with van der Waals surface area (Å²) in [4.78, 5) is 0. The molecule has 0 aliphatic rings. The van der Waals surface area contributed by atoms with Crippen molar-refractivity contribution in [3.8, 4) is 12.3 Å². The Labute approximate surface area is 66.2 Å². The van der Waals surface area contributed by atoms with Gasteiger partial charge in [-0.3, -0.25) is 11.5 Å². The Bertz CT molecular complexity index is 269. The summed E-state index contributed by atoms with van der Waals surface area (Å²) >= 11 is 0. The lowest BCUT2D eigenvalue weighted by Crippen LogP contribution is -2.44. The zero-order valence-electron chi connectivity index (χ0n) is 6.12. The molecule has 0 aliphatic carbocycles. The normalized spacial score (nSPS) is 10.6. The minimum Gasteiger partial charge on any atom is -0.299 e. The Morgan fingerprint density at radius 3 is 2.18 bits per heavy atom. The summed E-state index contributed by atoms with van der Waals surface area (Å²) in [5.74, 6) is 2.31. The highest BCUT2D eigenvalue weighted by Crippen LogP contribution is 2.09. The number of terminal acetylenes is 1. The van der Waals surface area contributed by atoms with E-state index >= 15 is 0 Å². The van der Waals surface area contributed by atoms with E-state index in [-0.39, 0.29) is 0 Å². The van der Waals surface area contributed by atoms with Crippen LogP contribution in [-0.4, -0.2) is 0 Å². The van der Waals surface area contributed by atoms with Gasteiger partial charge in [0, 0.05) is 0 Å². The fraction of sp³-hybridized carbons (Fsp3) is 0.111. The summed E-state index contributed by atoms with van der Waals surface area (Å²) in [6, 6.07) is 9.19. The van der Waals surface area contributed by atoms with Gasteiger partial charge < -0.3 is 0 Å². The molecule has 2 nitrogen and oxygen atoms in total. The van der Waals surface area contributed by atoms with Gasteiger partial charge in [0.05, 0.1) is 0 Å². The first-order chi connectivity index (χ1) is 5.17. The Balaban J connectivity index is 3.05. The van der Waals surface area contributed by atoms with E-state index in [1.807, 2.05) is 18.2 Å². The van der Waals surface area contributed by atoms with Gasteiger partial charge in [-0.1, -0.05) is 36.3 Å². The molecule has 0 unspecified atom stereocenters. The van der Waals surface area contributed by atoms with Gasteiger partial charge >= 0.3 is 0 Å². The lowest BCUT2D eigenvalue weighted by atomic mass is 10.0. The molecule has 0 heterocycles. The quantitative estimate of drug-likeness (QED) is 0.445. The number of nitrogens with two attached hydrogens (primary N) is 2. The van der Waals surface area contributed by atoms with E-state index in [1.54, 1.807) is 12.1 Å². The van der Waals surface area contributed by atoms with Crippen molar-refractivity contribution in [1.82, 2.24) is 0 Å². The largest absolute Gasteiger partial charge is 0.299 e. The SMILES string of the molecule is C#CC(N)(N)c1ccccc1. The van der Waals surface area contributed by atoms with Crippen LogP contribution in [0.5, 0.6) is 0 Å². The maximum absolute atomic E-state index is 5.58. The third-order valence-corrected chi connectivity index (χ3v) is 1.49. The van der Waals surface area contributed by atoms with Crippen molar-refractivity contribution >= 4 is 0 Å². The molecule has 56 valence electrons. The van der Waals surface area contributed by atoms with Gasteiger partial charge in [0.15, 0.2) is 5.66 Å². The van der Waals surface area contributed by atoms with Crippen LogP contribution in [-0.2, 0) is 5.66 Å². The van der Waals surface area contributed by atoms with Gasteiger partial charge in [0.2, 0.25) is 0 Å². The van der Waals surface area contributed by atoms with Crippen molar-refractivity contribution in [2.75, 3.05) is 0 Å². The standard InChI is InChI=1S/C9H10N2/c1-2-9(10,11)8-6-4-3-5-7-8/h1,3-7H,10-11H2. The molecule has 0 bridgehead atoms. The molecule has 0 spiro atoms. The summed E-state index contributed by atoms with van der Waals surface area (Å²) in [6.45, 7) is 0. The lowest BCUT2D eigenvalue weighted by molar-refractivity contribution is 0.619. The second kappa shape index (κ2) is 2.75. The average Bonchev–Trinajstić information content (AvgIpc) is 2.06. The second-order valence-corrected chi connectivity index (χ2v) is 2.38. The minimum absolute atomic E-state index is 0.752. The molecule has 0 saturated heterocycles. The highest BCUT2D eigenvalue weighted by Gasteiger charge is 2.16. The van der Waals surface area contributed by atoms with Crippen LogP contribution in [0, 0.1) is 12.3 Å². The van der Waals surface area contributed by atoms with Crippen molar-refractivity contribution in [1.29, 1.82) is 0 Å². The van der Waals surface area contributed by atoms with Gasteiger partial charge in [0.25, 0.3) is 0 Å². The number of benzene rings is 1. The summed E-state index contributed by atoms with van der Waals surface area (Å²) in [5.41, 5.74) is 10.8. The van der Waals surface area contributed by atoms with Crippen molar-refractivity contribution < 1.29 is 0 Å². The summed E-state index contributed by atoms with van der Waals surface area (Å²) in [5, 5.41) is 0. The maximum Gasteiger partial charge on any atom is 0.153 e. The fourth-order valence-corrected chi connectivity index (χ4v) is 0.797. The predicted octanol–water partition coefficient (Wildman–Crippen LogP) is 0.390. The van der Waals surface area contributed by atoms with E-state index in [9.17, 15) is 0 Å². The monoisotopic (exact) mass is 146 g/mol. The van der Waals surface area contributed by atoms with E-state index in [0.717, 1.165) is 5.56 Å². The van der Waals surface area contributed by atoms with Crippen LogP contribution < -0.4 is 11.5 Å². The van der Waals surface area contributed by atoms with Crippen LogP contribution in [0.1, 0.15) is 5.56 Å². The van der Waals surface area contributed by atoms with Crippen LogP contribution >= 0.6 is 0 Å². The Hall–Kier alpha value is -1.30. The van der Waals surface area contributed by atoms with Crippen LogP contribution in [0.2, 0.25) is 0 Å². The molecule has 0 amide bonds. The van der Waals surface area contributed by atoms with E-state index in [0.29, 0.717) is 0 Å². The van der Waals surface area contributed by atoms with Crippen molar-refractivity contribution in [2.45, 2.75) is 5.66 Å². The third kappa shape index (κ3) is 1.58. The zero-order chi connectivity index (χ0) is 8.32. The molecule has 2 heteroatoms. The van der Waals surface area contributed by atoms with Crippen LogP contribution in [0.15, 0.2) is 30.3 Å². The molecule has 4 N–H and O–H groups in total. The second-order valence-electron chi connectivity index (χ2n) is 2.38. The van der Waals surface area contributed by atoms with Crippen molar-refractivity contribution in [3.63, 3.8) is 0 Å². The molecule has 0 aromatic heterocycles. The maximum atomic E-state index is 5.58. The predicted molar refractivity (Wildman–Crippen MR) is 45.3 cm³/mol. The Morgan fingerprint density at radius 1 is 1.18 bits per heavy atom. The van der Waals surface area contributed by atoms with Crippen LogP contribution in [0.3, 0.4) is 0 Å². The van der Waals surface area contributed by atoms with Gasteiger partial charge in [-0.25, -0.2) is 0 Å². The van der Waals surface area contributed by atoms with Gasteiger partial charge in [-0.05, 0) is 5.56 Å². The fourth-order valence-electron chi connectivity index (χ4n) is 0.797. The molecule has 0 saturated carbocycles. The zero-order valence-corrected chi connectivity index (χ0v) is 6.12. The molecule has 1 aromatic carbocycles. The summed E-state index contributed by atoms with van der Waals surface area (Å²) in [7, 11) is 0. The summed E-state index contributed by atoms with van der Waals surface area (Å²) < 4.78 is 0. The number of hydrogen-bond donors (Lipinski definition) is 2. The Kier molecular flexibility index (Phi) is 1.95. The molecular weight excluding hydrogens is 136 g/mol. The highest BCUT2D eigenvalue weighted by atomic mass is 14.9. The molecule has 0 atom stereocenters. The van der Waals surface area contributed by atoms with Crippen LogP contribution in [0.25, 0.3) is 0 Å². The molecule has 0 radical (unpaired) electrons. The van der Waals surface area contributed by atoms with E-state index in [4.69, 9.17) is 17.9 Å². The molecular formula is C9H10N2. The topological polar surface area (TPSA) is 52.0 Å². The first kappa shape index (κ1) is 7.80. The first-order valence-electron chi connectivity index (χ1n) is 3.28. The van der Waals surface area contributed by atoms with E-state index < -0.39 is 5.66 Å². The molecule has 1 rings (SSSR count). The minimum atomic E-state index is -1.14. The van der Waals surface area contributed by atoms with Crippen LogP contribution in [0.4, 0.5) is 0 Å².